The van der Waals surface area contributed by atoms with Crippen LogP contribution in [0.5, 0.6) is 5.75 Å². The fourth-order valence-electron chi connectivity index (χ4n) is 1.59. The van der Waals surface area contributed by atoms with Crippen LogP contribution in [0.15, 0.2) is 35.1 Å². The van der Waals surface area contributed by atoms with Crippen molar-refractivity contribution in [2.75, 3.05) is 0 Å². The van der Waals surface area contributed by atoms with Crippen LogP contribution in [0.1, 0.15) is 13.8 Å². The predicted molar refractivity (Wildman–Crippen MR) is 73.7 cm³/mol. The van der Waals surface area contributed by atoms with Crippen LogP contribution in [-0.4, -0.2) is 20.8 Å². The highest BCUT2D eigenvalue weighted by Gasteiger charge is 2.17. The number of hydrogen-bond donors (Lipinski definition) is 0. The molecule has 0 fully saturated rings. The maximum absolute atomic E-state index is 11.0. The smallest absolute Gasteiger partial charge is 0.311 e. The standard InChI is InChI=1S/C12H12BrN3O3/c1-8(2)19-12-5-10(3-4-11(12)16(17)18)15-7-9(13)6-14-15/h3-8H,1-2H3. The van der Waals surface area contributed by atoms with Crippen LogP contribution in [0.2, 0.25) is 0 Å². The minimum Gasteiger partial charge on any atom is -0.484 e. The Labute approximate surface area is 118 Å². The third-order valence-electron chi connectivity index (χ3n) is 2.32. The second kappa shape index (κ2) is 5.40. The first-order valence-corrected chi connectivity index (χ1v) is 6.42. The largest absolute Gasteiger partial charge is 0.484 e. The van der Waals surface area contributed by atoms with Crippen molar-refractivity contribution in [3.8, 4) is 11.4 Å². The van der Waals surface area contributed by atoms with Crippen LogP contribution >= 0.6 is 15.9 Å². The summed E-state index contributed by atoms with van der Waals surface area (Å²) in [5.74, 6) is 0.240. The number of halogens is 1. The topological polar surface area (TPSA) is 70.2 Å². The summed E-state index contributed by atoms with van der Waals surface area (Å²) in [7, 11) is 0. The van der Waals surface area contributed by atoms with Gasteiger partial charge in [0.25, 0.3) is 0 Å². The summed E-state index contributed by atoms with van der Waals surface area (Å²) < 4.78 is 7.92. The summed E-state index contributed by atoms with van der Waals surface area (Å²) in [5.41, 5.74) is 0.649. The zero-order valence-electron chi connectivity index (χ0n) is 10.4. The van der Waals surface area contributed by atoms with Gasteiger partial charge in [-0.2, -0.15) is 5.10 Å². The average Bonchev–Trinajstić information content (AvgIpc) is 2.74. The Hall–Kier alpha value is -1.89. The van der Waals surface area contributed by atoms with E-state index in [4.69, 9.17) is 4.74 Å². The van der Waals surface area contributed by atoms with Crippen molar-refractivity contribution in [1.82, 2.24) is 9.78 Å². The van der Waals surface area contributed by atoms with Gasteiger partial charge in [-0.3, -0.25) is 10.1 Å². The summed E-state index contributed by atoms with van der Waals surface area (Å²) in [6.07, 6.45) is 3.27. The summed E-state index contributed by atoms with van der Waals surface area (Å²) >= 11 is 3.30. The van der Waals surface area contributed by atoms with Crippen LogP contribution in [0.25, 0.3) is 5.69 Å². The second-order valence-electron chi connectivity index (χ2n) is 4.18. The van der Waals surface area contributed by atoms with E-state index in [9.17, 15) is 10.1 Å². The number of benzene rings is 1. The maximum atomic E-state index is 11.0. The second-order valence-corrected chi connectivity index (χ2v) is 5.09. The summed E-state index contributed by atoms with van der Waals surface area (Å²) in [4.78, 5) is 10.5. The third-order valence-corrected chi connectivity index (χ3v) is 2.73. The minimum absolute atomic E-state index is 0.0522. The molecule has 0 atom stereocenters. The Morgan fingerprint density at radius 1 is 1.47 bits per heavy atom. The molecule has 0 spiro atoms. The van der Waals surface area contributed by atoms with Gasteiger partial charge in [-0.1, -0.05) is 0 Å². The van der Waals surface area contributed by atoms with Crippen molar-refractivity contribution in [3.05, 3.63) is 45.2 Å². The lowest BCUT2D eigenvalue weighted by molar-refractivity contribution is -0.386. The fourth-order valence-corrected chi connectivity index (χ4v) is 1.87. The van der Waals surface area contributed by atoms with Gasteiger partial charge in [0, 0.05) is 18.3 Å². The van der Waals surface area contributed by atoms with Gasteiger partial charge in [-0.15, -0.1) is 0 Å². The SMILES string of the molecule is CC(C)Oc1cc(-n2cc(Br)cn2)ccc1[N+](=O)[O-]. The summed E-state index contributed by atoms with van der Waals surface area (Å²) in [6, 6.07) is 4.66. The van der Waals surface area contributed by atoms with Crippen molar-refractivity contribution < 1.29 is 9.66 Å². The molecular weight excluding hydrogens is 314 g/mol. The fraction of sp³-hybridized carbons (Fsp3) is 0.250. The van der Waals surface area contributed by atoms with E-state index in [0.29, 0.717) is 5.69 Å². The third kappa shape index (κ3) is 3.11. The highest BCUT2D eigenvalue weighted by Crippen LogP contribution is 2.30. The molecule has 19 heavy (non-hydrogen) atoms. The first-order chi connectivity index (χ1) is 8.97. The maximum Gasteiger partial charge on any atom is 0.311 e. The highest BCUT2D eigenvalue weighted by atomic mass is 79.9. The number of ether oxygens (including phenoxy) is 1. The van der Waals surface area contributed by atoms with E-state index in [-0.39, 0.29) is 17.5 Å². The van der Waals surface area contributed by atoms with E-state index in [1.165, 1.54) is 6.07 Å². The van der Waals surface area contributed by atoms with E-state index in [0.717, 1.165) is 4.47 Å². The Balaban J connectivity index is 2.45. The number of aromatic nitrogens is 2. The molecule has 2 aromatic rings. The van der Waals surface area contributed by atoms with E-state index in [2.05, 4.69) is 21.0 Å². The van der Waals surface area contributed by atoms with Gasteiger partial charge in [0.2, 0.25) is 0 Å². The van der Waals surface area contributed by atoms with Gasteiger partial charge in [-0.25, -0.2) is 4.68 Å². The molecule has 100 valence electrons. The summed E-state index contributed by atoms with van der Waals surface area (Å²) in [5, 5.41) is 15.1. The molecule has 0 saturated heterocycles. The molecule has 0 N–H and O–H groups in total. The first kappa shape index (κ1) is 13.5. The van der Waals surface area contributed by atoms with Crippen molar-refractivity contribution in [3.63, 3.8) is 0 Å². The van der Waals surface area contributed by atoms with Crippen molar-refractivity contribution in [1.29, 1.82) is 0 Å². The molecule has 0 unspecified atom stereocenters. The molecule has 7 heteroatoms. The Morgan fingerprint density at radius 3 is 2.74 bits per heavy atom. The van der Waals surface area contributed by atoms with Gasteiger partial charge in [0.15, 0.2) is 5.75 Å². The number of nitro groups is 1. The molecule has 0 amide bonds. The van der Waals surface area contributed by atoms with Crippen LogP contribution in [0.4, 0.5) is 5.69 Å². The van der Waals surface area contributed by atoms with E-state index < -0.39 is 4.92 Å². The number of hydrogen-bond acceptors (Lipinski definition) is 4. The van der Waals surface area contributed by atoms with Gasteiger partial charge in [0.05, 0.1) is 27.4 Å². The molecular formula is C12H12BrN3O3. The van der Waals surface area contributed by atoms with Crippen molar-refractivity contribution in [2.45, 2.75) is 20.0 Å². The molecule has 0 saturated carbocycles. The molecule has 1 aromatic carbocycles. The van der Waals surface area contributed by atoms with Crippen LogP contribution in [0, 0.1) is 10.1 Å². The molecule has 0 radical (unpaired) electrons. The monoisotopic (exact) mass is 325 g/mol. The Bertz CT molecular complexity index is 610. The molecule has 2 rings (SSSR count). The Kier molecular flexibility index (Phi) is 3.84. The molecule has 0 bridgehead atoms. The highest BCUT2D eigenvalue weighted by molar-refractivity contribution is 9.10. The molecule has 0 aliphatic heterocycles. The van der Waals surface area contributed by atoms with Gasteiger partial charge < -0.3 is 4.74 Å². The lowest BCUT2D eigenvalue weighted by Crippen LogP contribution is -2.08. The van der Waals surface area contributed by atoms with E-state index in [1.54, 1.807) is 29.2 Å². The molecule has 0 aliphatic rings. The predicted octanol–water partition coefficient (Wildman–Crippen LogP) is 3.33. The minimum atomic E-state index is -0.458. The van der Waals surface area contributed by atoms with Gasteiger partial charge in [-0.05, 0) is 35.8 Å². The zero-order valence-corrected chi connectivity index (χ0v) is 12.0. The lowest BCUT2D eigenvalue weighted by atomic mass is 10.2. The molecule has 0 aliphatic carbocycles. The van der Waals surface area contributed by atoms with Crippen molar-refractivity contribution >= 4 is 21.6 Å². The Morgan fingerprint density at radius 2 is 2.21 bits per heavy atom. The van der Waals surface area contributed by atoms with E-state index >= 15 is 0 Å². The van der Waals surface area contributed by atoms with Crippen LogP contribution in [0.3, 0.4) is 0 Å². The average molecular weight is 326 g/mol. The molecule has 1 heterocycles. The number of nitro benzene ring substituents is 1. The van der Waals surface area contributed by atoms with E-state index in [1.807, 2.05) is 13.8 Å². The summed E-state index contributed by atoms with van der Waals surface area (Å²) in [6.45, 7) is 3.64. The zero-order chi connectivity index (χ0) is 14.0. The van der Waals surface area contributed by atoms with Crippen LogP contribution < -0.4 is 4.74 Å². The normalized spacial score (nSPS) is 10.7. The van der Waals surface area contributed by atoms with Gasteiger partial charge >= 0.3 is 5.69 Å². The number of rotatable bonds is 4. The lowest BCUT2D eigenvalue weighted by Gasteiger charge is -2.11. The van der Waals surface area contributed by atoms with Crippen LogP contribution in [-0.2, 0) is 0 Å². The molecule has 6 nitrogen and oxygen atoms in total. The van der Waals surface area contributed by atoms with Gasteiger partial charge in [0.1, 0.15) is 0 Å². The van der Waals surface area contributed by atoms with Crippen molar-refractivity contribution in [2.24, 2.45) is 0 Å². The quantitative estimate of drug-likeness (QED) is 0.638. The number of nitrogens with zero attached hydrogens (tertiary/aromatic N) is 3. The first-order valence-electron chi connectivity index (χ1n) is 5.63. The molecule has 1 aromatic heterocycles.